The number of fused-ring (bicyclic) bond motifs is 1. The van der Waals surface area contributed by atoms with E-state index in [1.54, 1.807) is 24.5 Å². The fourth-order valence-corrected chi connectivity index (χ4v) is 5.48. The van der Waals surface area contributed by atoms with E-state index >= 15 is 0 Å². The van der Waals surface area contributed by atoms with Gasteiger partial charge in [-0.3, -0.25) is 4.98 Å². The Bertz CT molecular complexity index is 1500. The third-order valence-electron chi connectivity index (χ3n) is 8.13. The van der Waals surface area contributed by atoms with Crippen molar-refractivity contribution in [3.05, 3.63) is 60.2 Å². The summed E-state index contributed by atoms with van der Waals surface area (Å²) >= 11 is 0. The van der Waals surface area contributed by atoms with E-state index in [9.17, 15) is 8.78 Å². The fourth-order valence-electron chi connectivity index (χ4n) is 5.48. The molecule has 0 spiro atoms. The summed E-state index contributed by atoms with van der Waals surface area (Å²) in [7, 11) is 0. The van der Waals surface area contributed by atoms with Gasteiger partial charge in [0.1, 0.15) is 11.6 Å². The minimum atomic E-state index is -0.782. The van der Waals surface area contributed by atoms with E-state index in [2.05, 4.69) is 44.7 Å². The Kier molecular flexibility index (Phi) is 6.80. The summed E-state index contributed by atoms with van der Waals surface area (Å²) < 4.78 is 27.8. The van der Waals surface area contributed by atoms with Gasteiger partial charge in [0.25, 0.3) is 0 Å². The monoisotopic (exact) mass is 530 g/mol. The van der Waals surface area contributed by atoms with Crippen LogP contribution in [-0.4, -0.2) is 44.6 Å². The Labute approximate surface area is 226 Å². The van der Waals surface area contributed by atoms with Gasteiger partial charge in [0.05, 0.1) is 11.7 Å². The second-order valence-corrected chi connectivity index (χ2v) is 11.2. The number of hydrogen-bond donors (Lipinski definition) is 3. The van der Waals surface area contributed by atoms with Gasteiger partial charge in [0.2, 0.25) is 5.95 Å². The van der Waals surface area contributed by atoms with E-state index in [0.717, 1.165) is 67.8 Å². The second-order valence-electron chi connectivity index (χ2n) is 11.2. The van der Waals surface area contributed by atoms with Crippen LogP contribution >= 0.6 is 0 Å². The van der Waals surface area contributed by atoms with E-state index < -0.39 is 11.8 Å². The number of halogens is 2. The molecule has 1 aliphatic carbocycles. The molecule has 6 rings (SSSR count). The van der Waals surface area contributed by atoms with E-state index in [1.807, 2.05) is 6.20 Å². The Morgan fingerprint density at radius 1 is 1.03 bits per heavy atom. The number of pyridine rings is 3. The summed E-state index contributed by atoms with van der Waals surface area (Å²) in [5, 5.41) is 11.0. The van der Waals surface area contributed by atoms with Gasteiger partial charge in [-0.15, -0.1) is 0 Å². The van der Waals surface area contributed by atoms with E-state index in [4.69, 9.17) is 9.97 Å². The van der Waals surface area contributed by atoms with Crippen molar-refractivity contribution >= 4 is 28.4 Å². The molecule has 0 aromatic carbocycles. The average molecular weight is 531 g/mol. The zero-order valence-electron chi connectivity index (χ0n) is 22.1. The summed E-state index contributed by atoms with van der Waals surface area (Å²) in [4.78, 5) is 22.3. The van der Waals surface area contributed by atoms with Gasteiger partial charge in [0.15, 0.2) is 17.5 Å². The van der Waals surface area contributed by atoms with Crippen molar-refractivity contribution in [1.82, 2.24) is 30.2 Å². The number of hydrogen-bond acceptors (Lipinski definition) is 8. The molecule has 3 N–H and O–H groups in total. The Hall–Kier alpha value is -3.79. The first-order chi connectivity index (χ1) is 18.9. The van der Waals surface area contributed by atoms with Crippen LogP contribution in [0.15, 0.2) is 42.9 Å². The van der Waals surface area contributed by atoms with E-state index in [0.29, 0.717) is 29.0 Å². The molecule has 4 aromatic heterocycles. The molecule has 8 nitrogen and oxygen atoms in total. The van der Waals surface area contributed by atoms with Gasteiger partial charge >= 0.3 is 0 Å². The lowest BCUT2D eigenvalue weighted by Crippen LogP contribution is -2.45. The molecule has 2 aliphatic rings. The molecular weight excluding hydrogens is 498 g/mol. The summed E-state index contributed by atoms with van der Waals surface area (Å²) in [6, 6.07) is 5.49. The molecule has 202 valence electrons. The normalized spacial score (nSPS) is 19.0. The number of rotatable bonds is 7. The van der Waals surface area contributed by atoms with Gasteiger partial charge in [-0.25, -0.2) is 19.3 Å². The highest BCUT2D eigenvalue weighted by Crippen LogP contribution is 2.41. The number of piperidine rings is 1. The number of anilines is 3. The number of aromatic nitrogens is 5. The molecule has 1 saturated heterocycles. The van der Waals surface area contributed by atoms with Crippen LogP contribution < -0.4 is 16.0 Å². The van der Waals surface area contributed by atoms with Crippen LogP contribution in [0.25, 0.3) is 22.3 Å². The second kappa shape index (κ2) is 10.4. The molecule has 5 heterocycles. The van der Waals surface area contributed by atoms with Crippen LogP contribution in [0.5, 0.6) is 0 Å². The van der Waals surface area contributed by atoms with E-state index in [1.165, 1.54) is 12.0 Å². The van der Waals surface area contributed by atoms with Gasteiger partial charge in [0, 0.05) is 36.4 Å². The van der Waals surface area contributed by atoms with Gasteiger partial charge in [-0.05, 0) is 72.9 Å². The standard InChI is InChI=1S/C29H32F2N8/c1-29(2)16-32-10-9-19(29)13-35-28-25-20(17-4-3-5-17)14-33-15-22(25)36-26(39-28)18-8-11-34-24(12-18)38-27-21(30)6-7-23(31)37-27/h6-8,11-12,14-15,17,19,32H,3-5,9-10,13,16H2,1-2H3,(H,34,37,38)(H,35,36,39). The Morgan fingerprint density at radius 3 is 2.69 bits per heavy atom. The van der Waals surface area contributed by atoms with Crippen molar-refractivity contribution in [2.24, 2.45) is 11.3 Å². The van der Waals surface area contributed by atoms with Crippen molar-refractivity contribution in [2.45, 2.75) is 45.4 Å². The maximum atomic E-state index is 14.2. The molecule has 1 saturated carbocycles. The van der Waals surface area contributed by atoms with Crippen molar-refractivity contribution in [3.8, 4) is 11.4 Å². The molecule has 0 amide bonds. The first kappa shape index (κ1) is 25.5. The van der Waals surface area contributed by atoms with Crippen molar-refractivity contribution in [1.29, 1.82) is 0 Å². The van der Waals surface area contributed by atoms with Crippen LogP contribution in [0.1, 0.15) is 51.0 Å². The van der Waals surface area contributed by atoms with Gasteiger partial charge in [-0.1, -0.05) is 20.3 Å². The molecular formula is C29H32F2N8. The summed E-state index contributed by atoms with van der Waals surface area (Å²) in [6.07, 6.45) is 9.94. The van der Waals surface area contributed by atoms with E-state index in [-0.39, 0.29) is 11.2 Å². The smallest absolute Gasteiger partial charge is 0.214 e. The highest BCUT2D eigenvalue weighted by atomic mass is 19.1. The summed E-state index contributed by atoms with van der Waals surface area (Å²) in [5.74, 6) is 0.880. The molecule has 0 bridgehead atoms. The van der Waals surface area contributed by atoms with Crippen LogP contribution in [0, 0.1) is 23.1 Å². The molecule has 0 radical (unpaired) electrons. The maximum Gasteiger partial charge on any atom is 0.214 e. The van der Waals surface area contributed by atoms with Crippen molar-refractivity contribution in [3.63, 3.8) is 0 Å². The zero-order valence-corrected chi connectivity index (χ0v) is 22.1. The lowest BCUT2D eigenvalue weighted by Gasteiger charge is -2.39. The maximum absolute atomic E-state index is 14.2. The third kappa shape index (κ3) is 5.25. The molecule has 39 heavy (non-hydrogen) atoms. The predicted octanol–water partition coefficient (Wildman–Crippen LogP) is 5.82. The van der Waals surface area contributed by atoms with Crippen LogP contribution in [0.4, 0.5) is 26.2 Å². The lowest BCUT2D eigenvalue weighted by molar-refractivity contribution is 0.166. The lowest BCUT2D eigenvalue weighted by atomic mass is 9.74. The SMILES string of the molecule is CC1(C)CNCCC1CNc1nc(-c2ccnc(Nc3nc(F)ccc3F)c2)nc2cncc(C3CCC3)c12. The highest BCUT2D eigenvalue weighted by Gasteiger charge is 2.32. The predicted molar refractivity (Wildman–Crippen MR) is 148 cm³/mol. The summed E-state index contributed by atoms with van der Waals surface area (Å²) in [5.41, 5.74) is 2.83. The number of nitrogens with zero attached hydrogens (tertiary/aromatic N) is 5. The molecule has 2 fully saturated rings. The molecule has 4 aromatic rings. The van der Waals surface area contributed by atoms with Crippen molar-refractivity contribution < 1.29 is 8.78 Å². The highest BCUT2D eigenvalue weighted by molar-refractivity contribution is 5.93. The van der Waals surface area contributed by atoms with Crippen LogP contribution in [0.2, 0.25) is 0 Å². The average Bonchev–Trinajstić information content (AvgIpc) is 2.89. The van der Waals surface area contributed by atoms with Crippen LogP contribution in [-0.2, 0) is 0 Å². The Morgan fingerprint density at radius 2 is 1.90 bits per heavy atom. The summed E-state index contributed by atoms with van der Waals surface area (Å²) in [6.45, 7) is 7.41. The Balaban J connectivity index is 1.38. The molecule has 1 aliphatic heterocycles. The zero-order chi connectivity index (χ0) is 27.0. The van der Waals surface area contributed by atoms with Crippen LogP contribution in [0.3, 0.4) is 0 Å². The topological polar surface area (TPSA) is 101 Å². The van der Waals surface area contributed by atoms with Crippen molar-refractivity contribution in [2.75, 3.05) is 30.3 Å². The molecule has 1 unspecified atom stereocenters. The quantitative estimate of drug-likeness (QED) is 0.257. The van der Waals surface area contributed by atoms with Gasteiger partial charge in [-0.2, -0.15) is 9.37 Å². The fraction of sp³-hybridized carbons (Fsp3) is 0.414. The first-order valence-electron chi connectivity index (χ1n) is 13.5. The molecule has 10 heteroatoms. The minimum Gasteiger partial charge on any atom is -0.369 e. The number of nitrogens with one attached hydrogen (secondary N) is 3. The minimum absolute atomic E-state index is 0.168. The third-order valence-corrected chi connectivity index (χ3v) is 8.13. The van der Waals surface area contributed by atoms with Gasteiger partial charge < -0.3 is 16.0 Å². The first-order valence-corrected chi connectivity index (χ1v) is 13.5. The largest absolute Gasteiger partial charge is 0.369 e. The molecule has 1 atom stereocenters.